The molecule has 0 saturated carbocycles. The van der Waals surface area contributed by atoms with Gasteiger partial charge in [-0.25, -0.2) is 4.98 Å². The van der Waals surface area contributed by atoms with E-state index < -0.39 is 11.7 Å². The Morgan fingerprint density at radius 3 is 2.44 bits per heavy atom. The van der Waals surface area contributed by atoms with Crippen molar-refractivity contribution in [3.8, 4) is 17.7 Å². The Morgan fingerprint density at radius 2 is 1.78 bits per heavy atom. The van der Waals surface area contributed by atoms with Crippen LogP contribution in [0.25, 0.3) is 10.9 Å². The molecule has 2 amide bonds. The molecule has 9 heteroatoms. The third-order valence-electron chi connectivity index (χ3n) is 5.40. The number of nitrogens with two attached hydrogens (primary N) is 1. The second kappa shape index (κ2) is 8.81. The van der Waals surface area contributed by atoms with Crippen molar-refractivity contribution in [1.82, 2.24) is 19.8 Å². The SMILES string of the molecule is COc1cnc(C#CN)c2[nH]cc(C(=O)C(=O)N3CCN(C(=O)c4ccccc4)CC3)c12. The molecule has 0 unspecified atom stereocenters. The van der Waals surface area contributed by atoms with Gasteiger partial charge >= 0.3 is 0 Å². The van der Waals surface area contributed by atoms with Crippen molar-refractivity contribution in [1.29, 1.82) is 0 Å². The predicted molar refractivity (Wildman–Crippen MR) is 117 cm³/mol. The summed E-state index contributed by atoms with van der Waals surface area (Å²) < 4.78 is 5.33. The minimum atomic E-state index is -0.671. The van der Waals surface area contributed by atoms with E-state index >= 15 is 0 Å². The number of hydrogen-bond donors (Lipinski definition) is 2. The number of rotatable bonds is 4. The number of methoxy groups -OCH3 is 1. The maximum atomic E-state index is 13.1. The second-order valence-corrected chi connectivity index (χ2v) is 7.18. The van der Waals surface area contributed by atoms with Gasteiger partial charge in [0.15, 0.2) is 0 Å². The van der Waals surface area contributed by atoms with Crippen molar-refractivity contribution in [3.05, 3.63) is 59.5 Å². The number of benzene rings is 1. The van der Waals surface area contributed by atoms with E-state index in [1.165, 1.54) is 24.4 Å². The number of nitrogens with one attached hydrogen (secondary N) is 1. The summed E-state index contributed by atoms with van der Waals surface area (Å²) in [4.78, 5) is 48.9. The van der Waals surface area contributed by atoms with Gasteiger partial charge in [-0.15, -0.1) is 0 Å². The standard InChI is InChI=1S/C23H21N5O4/c1-32-18-14-25-17(7-8-24)20-19(18)16(13-26-20)21(29)23(31)28-11-9-27(10-12-28)22(30)15-5-3-2-4-6-15/h2-6,13-14,26H,9-12,24H2,1H3. The molecular formula is C23H21N5O4. The molecule has 0 atom stereocenters. The summed E-state index contributed by atoms with van der Waals surface area (Å²) >= 11 is 0. The zero-order valence-corrected chi connectivity index (χ0v) is 17.4. The number of carbonyl (C=O) groups is 3. The number of fused-ring (bicyclic) bond motifs is 1. The Kier molecular flexibility index (Phi) is 5.77. The zero-order valence-electron chi connectivity index (χ0n) is 17.4. The quantitative estimate of drug-likeness (QED) is 0.275. The first-order valence-electron chi connectivity index (χ1n) is 9.98. The minimum absolute atomic E-state index is 0.0913. The molecule has 32 heavy (non-hydrogen) atoms. The highest BCUT2D eigenvalue weighted by Crippen LogP contribution is 2.30. The molecular weight excluding hydrogens is 410 g/mol. The molecule has 9 nitrogen and oxygen atoms in total. The van der Waals surface area contributed by atoms with Gasteiger partial charge in [-0.3, -0.25) is 14.4 Å². The number of piperazine rings is 1. The van der Waals surface area contributed by atoms with Crippen molar-refractivity contribution >= 4 is 28.5 Å². The van der Waals surface area contributed by atoms with Gasteiger partial charge in [0.1, 0.15) is 11.4 Å². The van der Waals surface area contributed by atoms with Crippen LogP contribution in [0.15, 0.2) is 42.7 Å². The van der Waals surface area contributed by atoms with Crippen LogP contribution < -0.4 is 10.5 Å². The fraction of sp³-hybridized carbons (Fsp3) is 0.217. The Labute approximate surface area is 184 Å². The van der Waals surface area contributed by atoms with E-state index in [-0.39, 0.29) is 24.6 Å². The number of hydrogen-bond acceptors (Lipinski definition) is 6. The van der Waals surface area contributed by atoms with Crippen molar-refractivity contribution in [2.24, 2.45) is 5.73 Å². The average molecular weight is 431 g/mol. The molecule has 0 spiro atoms. The Morgan fingerprint density at radius 1 is 1.09 bits per heavy atom. The third kappa shape index (κ3) is 3.74. The molecule has 1 saturated heterocycles. The zero-order chi connectivity index (χ0) is 22.7. The predicted octanol–water partition coefficient (Wildman–Crippen LogP) is 1.01. The number of carbonyl (C=O) groups excluding carboxylic acids is 3. The summed E-state index contributed by atoms with van der Waals surface area (Å²) in [6, 6.07) is 11.3. The Hall–Kier alpha value is -4.32. The summed E-state index contributed by atoms with van der Waals surface area (Å²) in [5.41, 5.74) is 6.89. The topological polar surface area (TPSA) is 122 Å². The highest BCUT2D eigenvalue weighted by molar-refractivity contribution is 6.45. The van der Waals surface area contributed by atoms with Gasteiger partial charge in [-0.2, -0.15) is 0 Å². The summed E-state index contributed by atoms with van der Waals surface area (Å²) in [5, 5.41) is 0.427. The number of ketones is 1. The number of aromatic amines is 1. The summed E-state index contributed by atoms with van der Waals surface area (Å²) in [7, 11) is 1.46. The molecule has 1 aliphatic rings. The van der Waals surface area contributed by atoms with Gasteiger partial charge in [-0.1, -0.05) is 18.2 Å². The van der Waals surface area contributed by atoms with E-state index in [1.54, 1.807) is 29.2 Å². The lowest BCUT2D eigenvalue weighted by Gasteiger charge is -2.34. The Balaban J connectivity index is 1.52. The highest BCUT2D eigenvalue weighted by Gasteiger charge is 2.31. The van der Waals surface area contributed by atoms with Crippen LogP contribution in [-0.4, -0.2) is 70.7 Å². The number of amides is 2. The van der Waals surface area contributed by atoms with Crippen LogP contribution in [-0.2, 0) is 4.79 Å². The molecule has 1 fully saturated rings. The molecule has 0 radical (unpaired) electrons. The molecule has 3 aromatic rings. The maximum absolute atomic E-state index is 13.1. The van der Waals surface area contributed by atoms with Gasteiger partial charge in [0.25, 0.3) is 17.6 Å². The fourth-order valence-corrected chi connectivity index (χ4v) is 3.75. The van der Waals surface area contributed by atoms with Crippen LogP contribution in [0.1, 0.15) is 26.4 Å². The first-order valence-corrected chi connectivity index (χ1v) is 9.98. The minimum Gasteiger partial charge on any atom is -0.494 e. The number of Topliss-reactive ketones (excluding diaryl/α,β-unsaturated/α-hetero) is 1. The number of aromatic nitrogens is 2. The monoisotopic (exact) mass is 431 g/mol. The lowest BCUT2D eigenvalue weighted by atomic mass is 10.1. The summed E-state index contributed by atoms with van der Waals surface area (Å²) in [5.74, 6) is 1.61. The van der Waals surface area contributed by atoms with E-state index in [0.29, 0.717) is 41.0 Å². The van der Waals surface area contributed by atoms with Gasteiger partial charge < -0.3 is 25.3 Å². The van der Waals surface area contributed by atoms with Crippen molar-refractivity contribution in [2.45, 2.75) is 0 Å². The van der Waals surface area contributed by atoms with Crippen LogP contribution in [0.3, 0.4) is 0 Å². The van der Waals surface area contributed by atoms with Crippen LogP contribution in [0.5, 0.6) is 5.75 Å². The van der Waals surface area contributed by atoms with E-state index in [4.69, 9.17) is 10.5 Å². The van der Waals surface area contributed by atoms with Crippen LogP contribution in [0, 0.1) is 12.0 Å². The molecule has 162 valence electrons. The lowest BCUT2D eigenvalue weighted by Crippen LogP contribution is -2.52. The number of pyridine rings is 1. The van der Waals surface area contributed by atoms with E-state index in [0.717, 1.165) is 0 Å². The van der Waals surface area contributed by atoms with Gasteiger partial charge in [0, 0.05) is 44.0 Å². The molecule has 1 aromatic carbocycles. The molecule has 4 rings (SSSR count). The van der Waals surface area contributed by atoms with Gasteiger partial charge in [0.2, 0.25) is 0 Å². The normalized spacial score (nSPS) is 13.4. The van der Waals surface area contributed by atoms with E-state index in [2.05, 4.69) is 21.9 Å². The van der Waals surface area contributed by atoms with E-state index in [9.17, 15) is 14.4 Å². The highest BCUT2D eigenvalue weighted by atomic mass is 16.5. The Bertz CT molecular complexity index is 1250. The average Bonchev–Trinajstić information content (AvgIpc) is 3.29. The van der Waals surface area contributed by atoms with Crippen molar-refractivity contribution in [2.75, 3.05) is 33.3 Å². The smallest absolute Gasteiger partial charge is 0.295 e. The number of ether oxygens (including phenoxy) is 1. The third-order valence-corrected chi connectivity index (χ3v) is 5.40. The molecule has 3 heterocycles. The van der Waals surface area contributed by atoms with Crippen LogP contribution in [0.2, 0.25) is 0 Å². The van der Waals surface area contributed by atoms with E-state index in [1.807, 2.05) is 6.07 Å². The summed E-state index contributed by atoms with van der Waals surface area (Å²) in [6.07, 6.45) is 2.89. The first kappa shape index (κ1) is 20.9. The number of nitrogens with zero attached hydrogens (tertiary/aromatic N) is 3. The van der Waals surface area contributed by atoms with Crippen molar-refractivity contribution in [3.63, 3.8) is 0 Å². The lowest BCUT2D eigenvalue weighted by molar-refractivity contribution is -0.127. The second-order valence-electron chi connectivity index (χ2n) is 7.18. The van der Waals surface area contributed by atoms with Crippen LogP contribution >= 0.6 is 0 Å². The number of H-pyrrole nitrogens is 1. The molecule has 0 aliphatic carbocycles. The summed E-state index contributed by atoms with van der Waals surface area (Å²) in [6.45, 7) is 1.25. The van der Waals surface area contributed by atoms with Gasteiger partial charge in [0.05, 0.1) is 29.8 Å². The van der Waals surface area contributed by atoms with Crippen LogP contribution in [0.4, 0.5) is 0 Å². The first-order chi connectivity index (χ1) is 15.5. The van der Waals surface area contributed by atoms with Gasteiger partial charge in [-0.05, 0) is 18.1 Å². The van der Waals surface area contributed by atoms with Crippen molar-refractivity contribution < 1.29 is 19.1 Å². The molecule has 2 aromatic heterocycles. The largest absolute Gasteiger partial charge is 0.494 e. The molecule has 0 bridgehead atoms. The fourth-order valence-electron chi connectivity index (χ4n) is 3.75. The molecule has 1 aliphatic heterocycles. The molecule has 3 N–H and O–H groups in total. The maximum Gasteiger partial charge on any atom is 0.295 e.